The standard InChI is InChI=1S/C38H51NO3/c1-29-36(41-27-32-16-10-6-11-17-32)37(42-28-33-18-12-7-13-19-33)35(40-26-31-14-8-5-9-15-31)25-39(29)24-30-20-22-34(23-21-30)38(2,3)4/h5-19,29-30,34-37H,20-28H2,1-4H3. The molecule has 42 heavy (non-hydrogen) atoms. The average Bonchev–Trinajstić information content (AvgIpc) is 3.01. The van der Waals surface area contributed by atoms with E-state index >= 15 is 0 Å². The van der Waals surface area contributed by atoms with Gasteiger partial charge in [0.15, 0.2) is 0 Å². The summed E-state index contributed by atoms with van der Waals surface area (Å²) in [5, 5.41) is 0. The molecular weight excluding hydrogens is 518 g/mol. The molecular formula is C38H51NO3. The fourth-order valence-electron chi connectivity index (χ4n) is 6.87. The maximum atomic E-state index is 6.80. The van der Waals surface area contributed by atoms with E-state index in [1.54, 1.807) is 0 Å². The summed E-state index contributed by atoms with van der Waals surface area (Å²) in [5.41, 5.74) is 3.95. The molecule has 4 unspecified atom stereocenters. The zero-order valence-corrected chi connectivity index (χ0v) is 26.2. The zero-order chi connectivity index (χ0) is 29.4. The maximum Gasteiger partial charge on any atom is 0.113 e. The highest BCUT2D eigenvalue weighted by atomic mass is 16.6. The topological polar surface area (TPSA) is 30.9 Å². The molecule has 1 aliphatic carbocycles. The van der Waals surface area contributed by atoms with E-state index < -0.39 is 0 Å². The molecule has 0 amide bonds. The summed E-state index contributed by atoms with van der Waals surface area (Å²) < 4.78 is 20.3. The van der Waals surface area contributed by atoms with Crippen LogP contribution >= 0.6 is 0 Å². The number of benzene rings is 3. The third-order valence-electron chi connectivity index (χ3n) is 9.60. The summed E-state index contributed by atoms with van der Waals surface area (Å²) >= 11 is 0. The molecule has 4 heteroatoms. The minimum absolute atomic E-state index is 0.0863. The van der Waals surface area contributed by atoms with Gasteiger partial charge in [-0.2, -0.15) is 0 Å². The Morgan fingerprint density at radius 3 is 1.55 bits per heavy atom. The van der Waals surface area contributed by atoms with Crippen molar-refractivity contribution in [2.24, 2.45) is 17.3 Å². The first-order chi connectivity index (χ1) is 20.4. The summed E-state index contributed by atoms with van der Waals surface area (Å²) in [6, 6.07) is 31.7. The molecule has 0 radical (unpaired) electrons. The van der Waals surface area contributed by atoms with E-state index in [9.17, 15) is 0 Å². The number of nitrogens with zero attached hydrogens (tertiary/aromatic N) is 1. The Labute approximate surface area is 254 Å². The van der Waals surface area contributed by atoms with Gasteiger partial charge in [-0.25, -0.2) is 0 Å². The molecule has 0 bridgehead atoms. The van der Waals surface area contributed by atoms with Gasteiger partial charge in [-0.1, -0.05) is 112 Å². The molecule has 5 rings (SSSR count). The predicted molar refractivity (Wildman–Crippen MR) is 171 cm³/mol. The van der Waals surface area contributed by atoms with Gasteiger partial charge in [0.25, 0.3) is 0 Å². The first-order valence-corrected chi connectivity index (χ1v) is 16.1. The molecule has 1 saturated carbocycles. The van der Waals surface area contributed by atoms with E-state index in [-0.39, 0.29) is 24.4 Å². The van der Waals surface area contributed by atoms with E-state index in [4.69, 9.17) is 14.2 Å². The van der Waals surface area contributed by atoms with E-state index in [0.717, 1.165) is 24.9 Å². The van der Waals surface area contributed by atoms with E-state index in [1.807, 2.05) is 0 Å². The van der Waals surface area contributed by atoms with Crippen LogP contribution < -0.4 is 0 Å². The van der Waals surface area contributed by atoms with Crippen LogP contribution in [-0.4, -0.2) is 42.3 Å². The molecule has 226 valence electrons. The van der Waals surface area contributed by atoms with Gasteiger partial charge in [0, 0.05) is 19.1 Å². The third kappa shape index (κ3) is 8.54. The molecule has 1 heterocycles. The molecule has 0 aromatic heterocycles. The number of hydrogen-bond donors (Lipinski definition) is 0. The molecule has 4 nitrogen and oxygen atoms in total. The van der Waals surface area contributed by atoms with Gasteiger partial charge < -0.3 is 14.2 Å². The predicted octanol–water partition coefficient (Wildman–Crippen LogP) is 8.30. The van der Waals surface area contributed by atoms with Gasteiger partial charge >= 0.3 is 0 Å². The third-order valence-corrected chi connectivity index (χ3v) is 9.60. The largest absolute Gasteiger partial charge is 0.369 e. The lowest BCUT2D eigenvalue weighted by Gasteiger charge is -2.49. The highest BCUT2D eigenvalue weighted by Crippen LogP contribution is 2.40. The lowest BCUT2D eigenvalue weighted by Crippen LogP contribution is -2.63. The fraction of sp³-hybridized carbons (Fsp3) is 0.526. The van der Waals surface area contributed by atoms with Crippen molar-refractivity contribution in [3.63, 3.8) is 0 Å². The maximum absolute atomic E-state index is 6.80. The van der Waals surface area contributed by atoms with Crippen molar-refractivity contribution >= 4 is 0 Å². The average molecular weight is 570 g/mol. The van der Waals surface area contributed by atoms with Gasteiger partial charge in [0.1, 0.15) is 12.2 Å². The summed E-state index contributed by atoms with van der Waals surface area (Å²) in [5.74, 6) is 1.55. The number of piperidine rings is 1. The molecule has 0 spiro atoms. The summed E-state index contributed by atoms with van der Waals surface area (Å²) in [6.45, 7) is 13.2. The Bertz CT molecular complexity index is 1170. The molecule has 3 aromatic rings. The number of rotatable bonds is 11. The summed E-state index contributed by atoms with van der Waals surface area (Å²) in [6.07, 6.45) is 4.93. The van der Waals surface area contributed by atoms with Crippen molar-refractivity contribution in [1.29, 1.82) is 0 Å². The van der Waals surface area contributed by atoms with Crippen LogP contribution in [0.25, 0.3) is 0 Å². The lowest BCUT2D eigenvalue weighted by molar-refractivity contribution is -0.202. The first kappa shape index (κ1) is 30.9. The summed E-state index contributed by atoms with van der Waals surface area (Å²) in [4.78, 5) is 2.65. The van der Waals surface area contributed by atoms with Gasteiger partial charge in [-0.3, -0.25) is 4.90 Å². The van der Waals surface area contributed by atoms with Crippen LogP contribution in [0.3, 0.4) is 0 Å². The second-order valence-electron chi connectivity index (χ2n) is 13.6. The number of likely N-dealkylation sites (tertiary alicyclic amines) is 1. The molecule has 1 saturated heterocycles. The van der Waals surface area contributed by atoms with Gasteiger partial charge in [0.05, 0.1) is 25.9 Å². The Morgan fingerprint density at radius 2 is 1.07 bits per heavy atom. The van der Waals surface area contributed by atoms with Crippen LogP contribution in [0.1, 0.15) is 70.1 Å². The van der Waals surface area contributed by atoms with E-state index in [1.165, 1.54) is 42.4 Å². The highest BCUT2D eigenvalue weighted by molar-refractivity contribution is 5.16. The van der Waals surface area contributed by atoms with Crippen molar-refractivity contribution in [1.82, 2.24) is 4.90 Å². The van der Waals surface area contributed by atoms with Gasteiger partial charge in [-0.15, -0.1) is 0 Å². The summed E-state index contributed by atoms with van der Waals surface area (Å²) in [7, 11) is 0. The second kappa shape index (κ2) is 14.8. The Balaban J connectivity index is 1.34. The van der Waals surface area contributed by atoms with Crippen molar-refractivity contribution < 1.29 is 14.2 Å². The molecule has 1 aliphatic heterocycles. The smallest absolute Gasteiger partial charge is 0.113 e. The molecule has 2 aliphatic rings. The van der Waals surface area contributed by atoms with Crippen molar-refractivity contribution in [3.05, 3.63) is 108 Å². The minimum atomic E-state index is -0.166. The molecule has 3 aromatic carbocycles. The van der Waals surface area contributed by atoms with Crippen molar-refractivity contribution in [2.75, 3.05) is 13.1 Å². The van der Waals surface area contributed by atoms with Crippen molar-refractivity contribution in [2.45, 2.75) is 97.6 Å². The van der Waals surface area contributed by atoms with Crippen molar-refractivity contribution in [3.8, 4) is 0 Å². The fourth-order valence-corrected chi connectivity index (χ4v) is 6.87. The van der Waals surface area contributed by atoms with Crippen LogP contribution in [0.5, 0.6) is 0 Å². The second-order valence-corrected chi connectivity index (χ2v) is 13.6. The number of ether oxygens (including phenoxy) is 3. The highest BCUT2D eigenvalue weighted by Gasteiger charge is 2.45. The van der Waals surface area contributed by atoms with Gasteiger partial charge in [0.2, 0.25) is 0 Å². The molecule has 2 fully saturated rings. The quantitative estimate of drug-likeness (QED) is 0.232. The zero-order valence-electron chi connectivity index (χ0n) is 26.2. The Morgan fingerprint density at radius 1 is 0.619 bits per heavy atom. The van der Waals surface area contributed by atoms with Gasteiger partial charge in [-0.05, 0) is 66.5 Å². The lowest BCUT2D eigenvalue weighted by atomic mass is 9.69. The molecule has 4 atom stereocenters. The monoisotopic (exact) mass is 569 g/mol. The Kier molecular flexibility index (Phi) is 10.9. The van der Waals surface area contributed by atoms with Crippen LogP contribution in [0.15, 0.2) is 91.0 Å². The molecule has 0 N–H and O–H groups in total. The van der Waals surface area contributed by atoms with E-state index in [0.29, 0.717) is 25.2 Å². The SMILES string of the molecule is CC1C(OCc2ccccc2)C(OCc2ccccc2)C(OCc2ccccc2)CN1CC1CCC(C(C)(C)C)CC1. The van der Waals surface area contributed by atoms with Crippen LogP contribution in [0.4, 0.5) is 0 Å². The number of hydrogen-bond acceptors (Lipinski definition) is 4. The van der Waals surface area contributed by atoms with Crippen LogP contribution in [-0.2, 0) is 34.0 Å². The van der Waals surface area contributed by atoms with E-state index in [2.05, 4.69) is 124 Å². The van der Waals surface area contributed by atoms with Crippen LogP contribution in [0.2, 0.25) is 0 Å². The van der Waals surface area contributed by atoms with Crippen LogP contribution in [0, 0.1) is 17.3 Å². The Hall–Kier alpha value is -2.50. The normalized spacial score (nSPS) is 27.1. The minimum Gasteiger partial charge on any atom is -0.369 e. The first-order valence-electron chi connectivity index (χ1n) is 16.1.